The van der Waals surface area contributed by atoms with E-state index in [1.165, 1.54) is 11.1 Å². The van der Waals surface area contributed by atoms with E-state index in [0.717, 1.165) is 17.9 Å². The fourth-order valence-electron chi connectivity index (χ4n) is 1.62. The highest BCUT2D eigenvalue weighted by Crippen LogP contribution is 2.21. The van der Waals surface area contributed by atoms with E-state index in [4.69, 9.17) is 10.5 Å². The maximum Gasteiger partial charge on any atom is 0.122 e. The Bertz CT molecular complexity index is 314. The molecule has 0 radical (unpaired) electrons. The lowest BCUT2D eigenvalue weighted by molar-refractivity contribution is 0.408. The molecule has 84 valence electrons. The number of rotatable bonds is 5. The monoisotopic (exact) mass is 225 g/mol. The average Bonchev–Trinajstić information content (AvgIpc) is 2.18. The van der Waals surface area contributed by atoms with Gasteiger partial charge in [0.25, 0.3) is 0 Å². The van der Waals surface area contributed by atoms with E-state index >= 15 is 0 Å². The van der Waals surface area contributed by atoms with E-state index in [9.17, 15) is 0 Å². The van der Waals surface area contributed by atoms with Crippen LogP contribution in [-0.4, -0.2) is 25.2 Å². The van der Waals surface area contributed by atoms with Crippen molar-refractivity contribution in [1.29, 1.82) is 0 Å². The van der Waals surface area contributed by atoms with Crippen molar-refractivity contribution >= 4 is 11.8 Å². The van der Waals surface area contributed by atoms with Crippen LogP contribution in [0.2, 0.25) is 0 Å². The largest absolute Gasteiger partial charge is 0.496 e. The molecule has 1 unspecified atom stereocenters. The van der Waals surface area contributed by atoms with Crippen molar-refractivity contribution in [2.75, 3.05) is 19.1 Å². The lowest BCUT2D eigenvalue weighted by Gasteiger charge is -2.13. The van der Waals surface area contributed by atoms with Crippen LogP contribution in [0.4, 0.5) is 0 Å². The molecule has 0 aromatic heterocycles. The minimum atomic E-state index is 0.204. The zero-order valence-corrected chi connectivity index (χ0v) is 10.4. The summed E-state index contributed by atoms with van der Waals surface area (Å²) in [7, 11) is 1.70. The summed E-state index contributed by atoms with van der Waals surface area (Å²) >= 11 is 1.78. The number of aryl methyl sites for hydroxylation is 1. The van der Waals surface area contributed by atoms with Crippen LogP contribution in [0.25, 0.3) is 0 Å². The summed E-state index contributed by atoms with van der Waals surface area (Å²) in [5.41, 5.74) is 8.47. The first-order valence-electron chi connectivity index (χ1n) is 5.05. The molecule has 2 nitrogen and oxygen atoms in total. The summed E-state index contributed by atoms with van der Waals surface area (Å²) in [6, 6.07) is 6.42. The van der Waals surface area contributed by atoms with Crippen molar-refractivity contribution in [2.24, 2.45) is 5.73 Å². The van der Waals surface area contributed by atoms with E-state index < -0.39 is 0 Å². The second kappa shape index (κ2) is 6.03. The first kappa shape index (κ1) is 12.4. The molecule has 0 bridgehead atoms. The van der Waals surface area contributed by atoms with Crippen molar-refractivity contribution in [1.82, 2.24) is 0 Å². The second-order valence-corrected chi connectivity index (χ2v) is 4.65. The van der Waals surface area contributed by atoms with Gasteiger partial charge in [-0.25, -0.2) is 0 Å². The smallest absolute Gasteiger partial charge is 0.122 e. The third-order valence-corrected chi connectivity index (χ3v) is 3.06. The van der Waals surface area contributed by atoms with Gasteiger partial charge < -0.3 is 10.5 Å². The Morgan fingerprint density at radius 3 is 2.80 bits per heavy atom. The Labute approximate surface area is 96.2 Å². The molecule has 0 aliphatic heterocycles. The van der Waals surface area contributed by atoms with Crippen LogP contribution in [0.15, 0.2) is 18.2 Å². The van der Waals surface area contributed by atoms with Crippen LogP contribution in [-0.2, 0) is 6.42 Å². The average molecular weight is 225 g/mol. The molecule has 0 aliphatic carbocycles. The molecule has 3 heteroatoms. The Hall–Kier alpha value is -0.670. The highest BCUT2D eigenvalue weighted by molar-refractivity contribution is 7.98. The molecule has 0 saturated carbocycles. The zero-order chi connectivity index (χ0) is 11.3. The van der Waals surface area contributed by atoms with E-state index in [0.29, 0.717) is 0 Å². The maximum absolute atomic E-state index is 6.01. The number of hydrogen-bond acceptors (Lipinski definition) is 3. The van der Waals surface area contributed by atoms with Crippen molar-refractivity contribution in [3.63, 3.8) is 0 Å². The van der Waals surface area contributed by atoms with Crippen LogP contribution in [0.1, 0.15) is 11.1 Å². The van der Waals surface area contributed by atoms with Crippen molar-refractivity contribution in [2.45, 2.75) is 19.4 Å². The lowest BCUT2D eigenvalue weighted by atomic mass is 10.0. The van der Waals surface area contributed by atoms with E-state index in [-0.39, 0.29) is 6.04 Å². The number of ether oxygens (including phenoxy) is 1. The van der Waals surface area contributed by atoms with E-state index in [1.807, 2.05) is 6.07 Å². The molecule has 0 saturated heterocycles. The number of benzene rings is 1. The number of methoxy groups -OCH3 is 1. The van der Waals surface area contributed by atoms with Crippen LogP contribution in [0, 0.1) is 6.92 Å². The predicted molar refractivity (Wildman–Crippen MR) is 67.8 cm³/mol. The predicted octanol–water partition coefficient (Wildman–Crippen LogP) is 2.24. The second-order valence-electron chi connectivity index (χ2n) is 3.73. The van der Waals surface area contributed by atoms with Gasteiger partial charge in [-0.3, -0.25) is 0 Å². The fraction of sp³-hybridized carbons (Fsp3) is 0.500. The molecule has 0 fully saturated rings. The molecule has 2 N–H and O–H groups in total. The van der Waals surface area contributed by atoms with Gasteiger partial charge in [-0.2, -0.15) is 11.8 Å². The highest BCUT2D eigenvalue weighted by atomic mass is 32.2. The fourth-order valence-corrected chi connectivity index (χ4v) is 2.17. The number of hydrogen-bond donors (Lipinski definition) is 1. The molecule has 1 aromatic carbocycles. The SMILES string of the molecule is COc1ccc(C)cc1CC(N)CSC. The van der Waals surface area contributed by atoms with E-state index in [2.05, 4.69) is 25.3 Å². The van der Waals surface area contributed by atoms with Crippen LogP contribution in [0.5, 0.6) is 5.75 Å². The van der Waals surface area contributed by atoms with Gasteiger partial charge in [-0.15, -0.1) is 0 Å². The van der Waals surface area contributed by atoms with Crippen molar-refractivity contribution in [3.8, 4) is 5.75 Å². The van der Waals surface area contributed by atoms with Crippen LogP contribution in [0.3, 0.4) is 0 Å². The van der Waals surface area contributed by atoms with Gasteiger partial charge in [0.2, 0.25) is 0 Å². The molecular formula is C12H19NOS. The van der Waals surface area contributed by atoms with Crippen LogP contribution < -0.4 is 10.5 Å². The third kappa shape index (κ3) is 3.76. The number of thioether (sulfide) groups is 1. The topological polar surface area (TPSA) is 35.2 Å². The molecule has 0 spiro atoms. The summed E-state index contributed by atoms with van der Waals surface area (Å²) in [6.45, 7) is 2.09. The minimum absolute atomic E-state index is 0.204. The van der Waals surface area contributed by atoms with Gasteiger partial charge in [0, 0.05) is 11.8 Å². The summed E-state index contributed by atoms with van der Waals surface area (Å²) in [5.74, 6) is 1.93. The molecule has 1 atom stereocenters. The van der Waals surface area contributed by atoms with Crippen molar-refractivity contribution < 1.29 is 4.74 Å². The normalized spacial score (nSPS) is 12.5. The quantitative estimate of drug-likeness (QED) is 0.834. The van der Waals surface area contributed by atoms with E-state index in [1.54, 1.807) is 18.9 Å². The Kier molecular flexibility index (Phi) is 4.99. The summed E-state index contributed by atoms with van der Waals surface area (Å²) in [4.78, 5) is 0. The summed E-state index contributed by atoms with van der Waals surface area (Å²) in [6.07, 6.45) is 2.96. The molecule has 0 aliphatic rings. The van der Waals surface area contributed by atoms with Gasteiger partial charge in [-0.1, -0.05) is 17.7 Å². The third-order valence-electron chi connectivity index (χ3n) is 2.30. The zero-order valence-electron chi connectivity index (χ0n) is 9.62. The Morgan fingerprint density at radius 2 is 2.20 bits per heavy atom. The summed E-state index contributed by atoms with van der Waals surface area (Å²) in [5, 5.41) is 0. The lowest BCUT2D eigenvalue weighted by Crippen LogP contribution is -2.25. The standard InChI is InChI=1S/C12H19NOS/c1-9-4-5-12(14-2)10(6-9)7-11(13)8-15-3/h4-6,11H,7-8,13H2,1-3H3. The van der Waals surface area contributed by atoms with Gasteiger partial charge >= 0.3 is 0 Å². The maximum atomic E-state index is 6.01. The number of nitrogens with two attached hydrogens (primary N) is 1. The Balaban J connectivity index is 2.77. The highest BCUT2D eigenvalue weighted by Gasteiger charge is 2.08. The molecular weight excluding hydrogens is 206 g/mol. The molecule has 15 heavy (non-hydrogen) atoms. The molecule has 1 aromatic rings. The first-order chi connectivity index (χ1) is 7.17. The minimum Gasteiger partial charge on any atom is -0.496 e. The van der Waals surface area contributed by atoms with Crippen LogP contribution >= 0.6 is 11.8 Å². The molecule has 0 heterocycles. The summed E-state index contributed by atoms with van der Waals surface area (Å²) < 4.78 is 5.32. The van der Waals surface area contributed by atoms with Gasteiger partial charge in [0.1, 0.15) is 5.75 Å². The first-order valence-corrected chi connectivity index (χ1v) is 6.44. The molecule has 0 amide bonds. The van der Waals surface area contributed by atoms with Gasteiger partial charge in [-0.05, 0) is 31.2 Å². The van der Waals surface area contributed by atoms with Gasteiger partial charge in [0.05, 0.1) is 7.11 Å². The van der Waals surface area contributed by atoms with Gasteiger partial charge in [0.15, 0.2) is 0 Å². The Morgan fingerprint density at radius 1 is 1.47 bits per heavy atom. The van der Waals surface area contributed by atoms with Crippen molar-refractivity contribution in [3.05, 3.63) is 29.3 Å². The molecule has 1 rings (SSSR count).